The smallest absolute Gasteiger partial charge is 0.147 e. The number of rotatable bonds is 13. The normalized spacial score (nSPS) is 19.4. The molecule has 0 spiro atoms. The minimum atomic E-state index is 0. The number of nitrogens with zero attached hydrogens (tertiary/aromatic N) is 6. The van der Waals surface area contributed by atoms with E-state index in [2.05, 4.69) is 100 Å². The first-order chi connectivity index (χ1) is 19.7. The minimum Gasteiger partial charge on any atom is -0.382 e. The Morgan fingerprint density at radius 1 is 1.14 bits per heavy atom. The summed E-state index contributed by atoms with van der Waals surface area (Å²) >= 11 is 5.14. The van der Waals surface area contributed by atoms with Gasteiger partial charge in [-0.2, -0.15) is 12.6 Å². The van der Waals surface area contributed by atoms with Crippen molar-refractivity contribution in [2.24, 2.45) is 22.1 Å². The van der Waals surface area contributed by atoms with Crippen molar-refractivity contribution in [3.05, 3.63) is 41.1 Å². The lowest BCUT2D eigenvalue weighted by Crippen LogP contribution is -2.50. The van der Waals surface area contributed by atoms with Crippen LogP contribution in [0.1, 0.15) is 113 Å². The van der Waals surface area contributed by atoms with Gasteiger partial charge in [0.15, 0.2) is 0 Å². The van der Waals surface area contributed by atoms with Crippen molar-refractivity contribution in [1.82, 2.24) is 19.5 Å². The van der Waals surface area contributed by atoms with E-state index in [-0.39, 0.29) is 18.2 Å². The number of hydrogen-bond acceptors (Lipinski definition) is 7. The van der Waals surface area contributed by atoms with Crippen LogP contribution in [-0.4, -0.2) is 82.9 Å². The van der Waals surface area contributed by atoms with Crippen molar-refractivity contribution in [2.45, 2.75) is 119 Å². The zero-order valence-corrected chi connectivity index (χ0v) is 29.8. The highest BCUT2D eigenvalue weighted by Gasteiger charge is 2.33. The van der Waals surface area contributed by atoms with Gasteiger partial charge >= 0.3 is 0 Å². The maximum absolute atomic E-state index is 6.44. The number of thiol groups is 1. The zero-order valence-electron chi connectivity index (χ0n) is 28.9. The van der Waals surface area contributed by atoms with Gasteiger partial charge in [-0.15, -0.1) is 0 Å². The number of unbranched alkanes of at least 4 members (excludes halogenated alkanes) is 1. The first-order valence-corrected chi connectivity index (χ1v) is 16.9. The maximum atomic E-state index is 6.44. The number of aliphatic imine (C=N–C) groups is 1. The minimum absolute atomic E-state index is 0. The largest absolute Gasteiger partial charge is 0.382 e. The summed E-state index contributed by atoms with van der Waals surface area (Å²) in [4.78, 5) is 14.8. The second kappa shape index (κ2) is 17.5. The van der Waals surface area contributed by atoms with Gasteiger partial charge in [0.2, 0.25) is 0 Å². The molecule has 3 rings (SSSR count). The molecule has 1 aromatic heterocycles. The zero-order chi connectivity index (χ0) is 31.7. The summed E-state index contributed by atoms with van der Waals surface area (Å²) in [5, 5.41) is 2.12. The molecule has 2 unspecified atom stereocenters. The fourth-order valence-electron chi connectivity index (χ4n) is 6.95. The highest BCUT2D eigenvalue weighted by Crippen LogP contribution is 2.37. The summed E-state index contributed by atoms with van der Waals surface area (Å²) in [6.07, 6.45) is 13.1. The van der Waals surface area contributed by atoms with Crippen LogP contribution in [0.25, 0.3) is 0 Å². The number of fused-ring (bicyclic) bond motifs is 1. The van der Waals surface area contributed by atoms with Gasteiger partial charge in [0.25, 0.3) is 0 Å². The monoisotopic (exact) mass is 618 g/mol. The van der Waals surface area contributed by atoms with Gasteiger partial charge in [-0.1, -0.05) is 74.5 Å². The van der Waals surface area contributed by atoms with Crippen LogP contribution in [0.2, 0.25) is 0 Å². The van der Waals surface area contributed by atoms with Gasteiger partial charge in [0, 0.05) is 70.1 Å². The molecule has 1 saturated heterocycles. The first-order valence-electron chi connectivity index (χ1n) is 16.4. The van der Waals surface area contributed by atoms with Crippen molar-refractivity contribution in [3.8, 4) is 0 Å². The Labute approximate surface area is 271 Å². The average Bonchev–Trinajstić information content (AvgIpc) is 3.27. The molecule has 3 heterocycles. The van der Waals surface area contributed by atoms with Crippen LogP contribution in [0.4, 0.5) is 0 Å². The van der Waals surface area contributed by atoms with E-state index in [1.807, 2.05) is 13.8 Å². The molecule has 2 atom stereocenters. The number of aromatic nitrogens is 2. The van der Waals surface area contributed by atoms with Crippen LogP contribution in [0.5, 0.6) is 0 Å². The van der Waals surface area contributed by atoms with Crippen molar-refractivity contribution < 1.29 is 0 Å². The Morgan fingerprint density at radius 2 is 1.77 bits per heavy atom. The fraction of sp³-hybridized carbons (Fsp3) is 0.771. The number of amidine groups is 1. The second-order valence-corrected chi connectivity index (χ2v) is 14.7. The number of nitrogens with two attached hydrogens (primary N) is 1. The van der Waals surface area contributed by atoms with E-state index in [9.17, 15) is 0 Å². The summed E-state index contributed by atoms with van der Waals surface area (Å²) in [6.45, 7) is 25.3. The van der Waals surface area contributed by atoms with E-state index in [0.29, 0.717) is 17.2 Å². The van der Waals surface area contributed by atoms with Gasteiger partial charge in [0.05, 0.1) is 11.7 Å². The molecular formula is C35H67N7S. The Balaban J connectivity index is 0.00000302. The fourth-order valence-corrected chi connectivity index (χ4v) is 7.58. The van der Waals surface area contributed by atoms with Crippen molar-refractivity contribution in [3.63, 3.8) is 0 Å². The lowest BCUT2D eigenvalue weighted by atomic mass is 9.77. The number of imidazole rings is 1. The van der Waals surface area contributed by atoms with Crippen LogP contribution in [0.3, 0.4) is 0 Å². The standard InChI is InChI=1S/C32H57N7S.C2H6.CH4/c1-10-12-13-28-35-29-27(39(28)36(8)9)20-25(34-30(29)33)14-15-26(11-2)38-18-16-37(17-19-38)23-32(7,40)22-31(5,6)21-24(3)4;1-2;/h11,14-15,24-25,40H,10,12-13,16-23H2,1-9H3,(H2,33,34);1-2H3;1H4/b15-14-,26-11+;;. The molecule has 0 amide bonds. The molecule has 8 heteroatoms. The van der Waals surface area contributed by atoms with E-state index < -0.39 is 0 Å². The Bertz CT molecular complexity index is 1060. The van der Waals surface area contributed by atoms with Crippen LogP contribution >= 0.6 is 12.6 Å². The average molecular weight is 618 g/mol. The molecule has 0 radical (unpaired) electrons. The van der Waals surface area contributed by atoms with E-state index >= 15 is 0 Å². The van der Waals surface area contributed by atoms with Crippen LogP contribution in [0.15, 0.2) is 28.9 Å². The summed E-state index contributed by atoms with van der Waals surface area (Å²) < 4.78 is 2.25. The van der Waals surface area contributed by atoms with E-state index in [1.165, 1.54) is 17.8 Å². The molecule has 1 aromatic rings. The molecule has 2 N–H and O–H groups in total. The van der Waals surface area contributed by atoms with Gasteiger partial charge in [0.1, 0.15) is 17.4 Å². The summed E-state index contributed by atoms with van der Waals surface area (Å²) in [6, 6.07) is 0.0113. The predicted molar refractivity (Wildman–Crippen MR) is 193 cm³/mol. The predicted octanol–water partition coefficient (Wildman–Crippen LogP) is 6.94. The highest BCUT2D eigenvalue weighted by atomic mass is 32.1. The van der Waals surface area contributed by atoms with Crippen LogP contribution in [-0.2, 0) is 12.8 Å². The number of piperazine rings is 1. The Morgan fingerprint density at radius 3 is 2.30 bits per heavy atom. The third kappa shape index (κ3) is 11.5. The second-order valence-electron chi connectivity index (χ2n) is 13.6. The molecule has 7 nitrogen and oxygen atoms in total. The lowest BCUT2D eigenvalue weighted by Gasteiger charge is -2.42. The van der Waals surface area contributed by atoms with E-state index in [4.69, 9.17) is 28.3 Å². The molecule has 1 fully saturated rings. The van der Waals surface area contributed by atoms with Gasteiger partial charge in [-0.3, -0.25) is 9.89 Å². The Kier molecular flexibility index (Phi) is 15.9. The highest BCUT2D eigenvalue weighted by molar-refractivity contribution is 7.81. The number of hydrogen-bond donors (Lipinski definition) is 2. The van der Waals surface area contributed by atoms with Crippen molar-refractivity contribution in [2.75, 3.05) is 51.8 Å². The third-order valence-corrected chi connectivity index (χ3v) is 8.32. The summed E-state index contributed by atoms with van der Waals surface area (Å²) in [7, 11) is 4.15. The summed E-state index contributed by atoms with van der Waals surface area (Å²) in [5.74, 6) is 2.34. The quantitative estimate of drug-likeness (QED) is 0.185. The topological polar surface area (TPSA) is 65.9 Å². The lowest BCUT2D eigenvalue weighted by molar-refractivity contribution is 0.136. The van der Waals surface area contributed by atoms with E-state index in [1.54, 1.807) is 0 Å². The first kappa shape index (κ1) is 39.1. The number of aryl methyl sites for hydroxylation is 1. The third-order valence-electron chi connectivity index (χ3n) is 8.03. The molecule has 2 aliphatic heterocycles. The molecule has 248 valence electrons. The molecule has 0 aromatic carbocycles. The van der Waals surface area contributed by atoms with E-state index in [0.717, 1.165) is 76.3 Å². The van der Waals surface area contributed by atoms with Crippen molar-refractivity contribution >= 4 is 18.5 Å². The van der Waals surface area contributed by atoms with Gasteiger partial charge in [-0.25, -0.2) is 9.66 Å². The van der Waals surface area contributed by atoms with Crippen molar-refractivity contribution in [1.29, 1.82) is 0 Å². The maximum Gasteiger partial charge on any atom is 0.147 e. The van der Waals surface area contributed by atoms with Gasteiger partial charge in [-0.05, 0) is 50.5 Å². The number of allylic oxidation sites excluding steroid dienone is 2. The molecular weight excluding hydrogens is 551 g/mol. The SMILES string of the molecule is C.C/C=C(\C=C/C1Cc2c(nc(CCCC)n2N(C)C)C(N)=N1)N1CCN(CC(C)(S)CC(C)(C)CC(C)C)CC1.CC. The molecule has 0 aliphatic carbocycles. The summed E-state index contributed by atoms with van der Waals surface area (Å²) in [5.41, 5.74) is 10.0. The van der Waals surface area contributed by atoms with Gasteiger partial charge < -0.3 is 15.6 Å². The molecule has 43 heavy (non-hydrogen) atoms. The van der Waals surface area contributed by atoms with Crippen LogP contribution < -0.4 is 10.7 Å². The van der Waals surface area contributed by atoms with Crippen LogP contribution in [0, 0.1) is 11.3 Å². The molecule has 2 aliphatic rings. The molecule has 0 bridgehead atoms. The molecule has 0 saturated carbocycles. The Hall–Kier alpha value is -1.93.